The molecule has 0 amide bonds. The highest BCUT2D eigenvalue weighted by Crippen LogP contribution is 2.40. The molecular formula is C40H41ClF4N12O2. The third-order valence-corrected chi connectivity index (χ3v) is 10.4. The van der Waals surface area contributed by atoms with Crippen molar-refractivity contribution in [1.82, 2.24) is 44.8 Å². The summed E-state index contributed by atoms with van der Waals surface area (Å²) < 4.78 is 66.7. The van der Waals surface area contributed by atoms with Crippen molar-refractivity contribution < 1.29 is 27.0 Å². The van der Waals surface area contributed by atoms with E-state index in [1.807, 2.05) is 45.9 Å². The second-order valence-electron chi connectivity index (χ2n) is 15.4. The minimum atomic E-state index is -0.950. The number of aromatic nitrogens is 8. The fourth-order valence-corrected chi connectivity index (χ4v) is 7.16. The Morgan fingerprint density at radius 2 is 1.10 bits per heavy atom. The Morgan fingerprint density at radius 1 is 0.610 bits per heavy atom. The van der Waals surface area contributed by atoms with E-state index in [-0.39, 0.29) is 16.5 Å². The van der Waals surface area contributed by atoms with Gasteiger partial charge in [-0.15, -0.1) is 0 Å². The fourth-order valence-electron chi connectivity index (χ4n) is 6.99. The monoisotopic (exact) mass is 832 g/mol. The van der Waals surface area contributed by atoms with Gasteiger partial charge in [-0.25, -0.2) is 26.9 Å². The van der Waals surface area contributed by atoms with Crippen molar-refractivity contribution in [1.29, 1.82) is 0 Å². The third kappa shape index (κ3) is 8.85. The molecule has 4 aliphatic heterocycles. The van der Waals surface area contributed by atoms with Crippen LogP contribution in [0.4, 0.5) is 46.4 Å². The van der Waals surface area contributed by atoms with Crippen LogP contribution in [0.3, 0.4) is 0 Å². The zero-order chi connectivity index (χ0) is 41.5. The number of rotatable bonds is 7. The van der Waals surface area contributed by atoms with Crippen molar-refractivity contribution in [2.45, 2.75) is 27.7 Å². The second kappa shape index (κ2) is 16.2. The Balaban J connectivity index is 0.000000143. The van der Waals surface area contributed by atoms with E-state index < -0.39 is 23.3 Å². The van der Waals surface area contributed by atoms with Crippen LogP contribution in [0.2, 0.25) is 5.15 Å². The first-order valence-corrected chi connectivity index (χ1v) is 19.2. The van der Waals surface area contributed by atoms with Gasteiger partial charge in [0.25, 0.3) is 11.9 Å². The van der Waals surface area contributed by atoms with Gasteiger partial charge in [-0.2, -0.15) is 30.1 Å². The maximum atomic E-state index is 13.6. The number of aryl methyl sites for hydroxylation is 4. The number of halogens is 5. The van der Waals surface area contributed by atoms with Crippen LogP contribution in [-0.2, 0) is 9.47 Å². The van der Waals surface area contributed by atoms with Crippen LogP contribution in [0.25, 0.3) is 11.9 Å². The van der Waals surface area contributed by atoms with Crippen LogP contribution < -0.4 is 20.9 Å². The summed E-state index contributed by atoms with van der Waals surface area (Å²) in [6, 6.07) is 14.2. The smallest absolute Gasteiger partial charge is 0.254 e. The summed E-state index contributed by atoms with van der Waals surface area (Å²) in [5.74, 6) is -1.39. The lowest BCUT2D eigenvalue weighted by Crippen LogP contribution is -2.66. The number of anilines is 5. The molecule has 8 heterocycles. The topological polar surface area (TPSA) is 145 Å². The van der Waals surface area contributed by atoms with Crippen molar-refractivity contribution in [3.8, 4) is 11.9 Å². The molecule has 0 radical (unpaired) electrons. The lowest BCUT2D eigenvalue weighted by molar-refractivity contribution is -0.139. The average Bonchev–Trinajstić information content (AvgIpc) is 3.64. The van der Waals surface area contributed by atoms with E-state index in [1.165, 1.54) is 31.3 Å². The van der Waals surface area contributed by atoms with Gasteiger partial charge >= 0.3 is 0 Å². The average molecular weight is 833 g/mol. The molecule has 2 spiro atoms. The minimum absolute atomic E-state index is 0.202. The zero-order valence-corrected chi connectivity index (χ0v) is 33.4. The van der Waals surface area contributed by atoms with E-state index in [0.29, 0.717) is 34.4 Å². The molecule has 14 nitrogen and oxygen atoms in total. The van der Waals surface area contributed by atoms with Gasteiger partial charge in [-0.3, -0.25) is 0 Å². The van der Waals surface area contributed by atoms with Crippen LogP contribution in [0, 0.1) is 61.8 Å². The highest BCUT2D eigenvalue weighted by molar-refractivity contribution is 6.29. The maximum Gasteiger partial charge on any atom is 0.254 e. The zero-order valence-electron chi connectivity index (χ0n) is 32.7. The molecule has 4 fully saturated rings. The Hall–Kier alpha value is -5.69. The van der Waals surface area contributed by atoms with E-state index in [9.17, 15) is 17.6 Å². The largest absolute Gasteiger partial charge is 0.380 e. The molecule has 59 heavy (non-hydrogen) atoms. The van der Waals surface area contributed by atoms with Gasteiger partial charge < -0.3 is 30.3 Å². The Kier molecular flexibility index (Phi) is 11.0. The predicted molar refractivity (Wildman–Crippen MR) is 213 cm³/mol. The van der Waals surface area contributed by atoms with Crippen molar-refractivity contribution in [2.24, 2.45) is 10.8 Å². The summed E-state index contributed by atoms with van der Waals surface area (Å²) in [5.41, 5.74) is 5.03. The standard InChI is InChI=1S/C20H20F2N6O.C15H12ClF2N5.C5H9NO/c1-12-5-13(2)28(26-12)19-24-17(23-14-3-4-15(21)16(22)6-14)7-18(25-19)27-8-20(9-27)10-29-11-20;1-8-5-9(2)23(22-8)15-20-13(16)7-14(21-15)19-10-3-4-11(17)12(18)6-10;1-5(2-6-1)3-7-4-5/h3-7H,8-11H2,1-2H3,(H,23,24,25);3-7H,1-2H3,(H,19,20,21);6H,1-4H2. The maximum absolute atomic E-state index is 13.6. The van der Waals surface area contributed by atoms with Crippen LogP contribution >= 0.6 is 11.6 Å². The molecule has 0 atom stereocenters. The van der Waals surface area contributed by atoms with Gasteiger partial charge in [0.2, 0.25) is 0 Å². The molecule has 2 aromatic carbocycles. The molecule has 10 rings (SSSR count). The summed E-state index contributed by atoms with van der Waals surface area (Å²) in [6.07, 6.45) is 0. The quantitative estimate of drug-likeness (QED) is 0.116. The molecule has 0 unspecified atom stereocenters. The Bertz CT molecular complexity index is 2480. The van der Waals surface area contributed by atoms with Crippen molar-refractivity contribution >= 4 is 40.4 Å². The van der Waals surface area contributed by atoms with Crippen LogP contribution in [0.1, 0.15) is 22.8 Å². The summed E-state index contributed by atoms with van der Waals surface area (Å²) in [4.78, 5) is 19.8. The number of nitrogens with zero attached hydrogens (tertiary/aromatic N) is 9. The van der Waals surface area contributed by atoms with Gasteiger partial charge in [-0.1, -0.05) is 11.6 Å². The summed E-state index contributed by atoms with van der Waals surface area (Å²) >= 11 is 6.02. The second-order valence-corrected chi connectivity index (χ2v) is 15.8. The summed E-state index contributed by atoms with van der Waals surface area (Å²) in [6.45, 7) is 15.2. The van der Waals surface area contributed by atoms with Gasteiger partial charge in [-0.05, 0) is 64.1 Å². The van der Waals surface area contributed by atoms with Crippen LogP contribution in [0.5, 0.6) is 0 Å². The van der Waals surface area contributed by atoms with E-state index in [1.54, 1.807) is 9.36 Å². The van der Waals surface area contributed by atoms with E-state index in [4.69, 9.17) is 26.1 Å². The molecule has 4 saturated heterocycles. The summed E-state index contributed by atoms with van der Waals surface area (Å²) in [5, 5.41) is 18.1. The Morgan fingerprint density at radius 3 is 1.49 bits per heavy atom. The molecular weight excluding hydrogens is 792 g/mol. The fraction of sp³-hybridized carbons (Fsp3) is 0.350. The highest BCUT2D eigenvalue weighted by atomic mass is 35.5. The molecule has 4 aliphatic rings. The van der Waals surface area contributed by atoms with Gasteiger partial charge in [0.1, 0.15) is 22.6 Å². The molecule has 19 heteroatoms. The van der Waals surface area contributed by atoms with Gasteiger partial charge in [0.15, 0.2) is 23.3 Å². The normalized spacial score (nSPS) is 16.7. The molecule has 0 bridgehead atoms. The predicted octanol–water partition coefficient (Wildman–Crippen LogP) is 6.70. The van der Waals surface area contributed by atoms with Gasteiger partial charge in [0.05, 0.1) is 43.2 Å². The SMILES string of the molecule is C1NCC12COC2.Cc1cc(C)n(-c2nc(Cl)cc(Nc3ccc(F)c(F)c3)n2)n1.Cc1cc(C)n(-c2nc(Nc3ccc(F)c(F)c3)cc(N3CC4(COC4)C3)n2)n1. The van der Waals surface area contributed by atoms with Crippen LogP contribution in [-0.4, -0.2) is 92.1 Å². The molecule has 4 aromatic heterocycles. The third-order valence-electron chi connectivity index (χ3n) is 10.2. The number of nitrogens with one attached hydrogen (secondary N) is 3. The molecule has 308 valence electrons. The van der Waals surface area contributed by atoms with Crippen LogP contribution in [0.15, 0.2) is 60.7 Å². The van der Waals surface area contributed by atoms with E-state index in [0.717, 1.165) is 92.4 Å². The van der Waals surface area contributed by atoms with Crippen molar-refractivity contribution in [2.75, 3.05) is 68.1 Å². The number of ether oxygens (including phenoxy) is 2. The number of hydrogen-bond donors (Lipinski definition) is 3. The number of hydrogen-bond acceptors (Lipinski definition) is 12. The first-order valence-electron chi connectivity index (χ1n) is 18.8. The molecule has 3 N–H and O–H groups in total. The Labute approximate surface area is 342 Å². The first-order chi connectivity index (χ1) is 28.2. The first kappa shape index (κ1) is 40.1. The van der Waals surface area contributed by atoms with E-state index >= 15 is 0 Å². The van der Waals surface area contributed by atoms with E-state index in [2.05, 4.69) is 46.0 Å². The molecule has 6 aromatic rings. The van der Waals surface area contributed by atoms with Crippen molar-refractivity contribution in [3.63, 3.8) is 0 Å². The number of benzene rings is 2. The highest BCUT2D eigenvalue weighted by Gasteiger charge is 2.49. The molecule has 0 saturated carbocycles. The minimum Gasteiger partial charge on any atom is -0.380 e. The molecule has 0 aliphatic carbocycles. The lowest BCUT2D eigenvalue weighted by Gasteiger charge is -2.55. The lowest BCUT2D eigenvalue weighted by atomic mass is 9.78. The summed E-state index contributed by atoms with van der Waals surface area (Å²) in [7, 11) is 0. The van der Waals surface area contributed by atoms with Crippen molar-refractivity contribution in [3.05, 3.63) is 112 Å². The van der Waals surface area contributed by atoms with Gasteiger partial charge in [0, 0.05) is 78.6 Å².